The average molecular weight is 295 g/mol. The molecular weight excluding hydrogens is 278 g/mol. The molecule has 114 valence electrons. The van der Waals surface area contributed by atoms with Crippen LogP contribution in [0.3, 0.4) is 0 Å². The van der Waals surface area contributed by atoms with E-state index in [-0.39, 0.29) is 25.5 Å². The fraction of sp³-hybridized carbons (Fsp3) is 0.429. The van der Waals surface area contributed by atoms with Gasteiger partial charge in [0.1, 0.15) is 11.9 Å². The number of benzene rings is 1. The van der Waals surface area contributed by atoms with Crippen molar-refractivity contribution in [2.45, 2.75) is 25.6 Å². The third kappa shape index (κ3) is 3.71. The standard InChI is InChI=1S/C14H17NO6/c1-2-20-13(18)6-10(16)14(19)8-3-4-9-11(5-8)21-7-12(17)15-9/h3-5,10,14,16,19H,2,6-7H2,1H3,(H,15,17). The van der Waals surface area contributed by atoms with Crippen LogP contribution in [0.25, 0.3) is 0 Å². The summed E-state index contributed by atoms with van der Waals surface area (Å²) in [6.45, 7) is 1.78. The van der Waals surface area contributed by atoms with E-state index in [1.165, 1.54) is 6.07 Å². The number of anilines is 1. The van der Waals surface area contributed by atoms with Crippen LogP contribution in [0.5, 0.6) is 5.75 Å². The molecule has 0 radical (unpaired) electrons. The van der Waals surface area contributed by atoms with Crippen LogP contribution >= 0.6 is 0 Å². The zero-order chi connectivity index (χ0) is 15.4. The third-order valence-corrected chi connectivity index (χ3v) is 3.03. The molecule has 0 spiro atoms. The molecule has 1 aliphatic heterocycles. The molecule has 0 bridgehead atoms. The summed E-state index contributed by atoms with van der Waals surface area (Å²) < 4.78 is 9.95. The number of carbonyl (C=O) groups is 2. The van der Waals surface area contributed by atoms with Gasteiger partial charge in [0, 0.05) is 0 Å². The molecule has 2 rings (SSSR count). The van der Waals surface area contributed by atoms with Crippen molar-refractivity contribution >= 4 is 17.6 Å². The number of rotatable bonds is 5. The monoisotopic (exact) mass is 295 g/mol. The number of esters is 1. The Morgan fingerprint density at radius 2 is 2.24 bits per heavy atom. The van der Waals surface area contributed by atoms with Crippen LogP contribution in [0, 0.1) is 0 Å². The first kappa shape index (κ1) is 15.3. The van der Waals surface area contributed by atoms with Gasteiger partial charge in [0.15, 0.2) is 6.61 Å². The molecule has 0 fully saturated rings. The molecule has 1 aromatic carbocycles. The number of amides is 1. The van der Waals surface area contributed by atoms with E-state index in [0.29, 0.717) is 17.0 Å². The first-order valence-corrected chi connectivity index (χ1v) is 6.59. The molecule has 1 aromatic rings. The molecule has 7 nitrogen and oxygen atoms in total. The molecule has 3 N–H and O–H groups in total. The Morgan fingerprint density at radius 1 is 1.48 bits per heavy atom. The van der Waals surface area contributed by atoms with Gasteiger partial charge in [0.2, 0.25) is 0 Å². The van der Waals surface area contributed by atoms with E-state index in [0.717, 1.165) is 0 Å². The maximum Gasteiger partial charge on any atom is 0.308 e. The van der Waals surface area contributed by atoms with Crippen molar-refractivity contribution in [3.05, 3.63) is 23.8 Å². The summed E-state index contributed by atoms with van der Waals surface area (Å²) in [6.07, 6.45) is -2.83. The fourth-order valence-electron chi connectivity index (χ4n) is 2.00. The highest BCUT2D eigenvalue weighted by atomic mass is 16.5. The lowest BCUT2D eigenvalue weighted by Gasteiger charge is -2.21. The summed E-state index contributed by atoms with van der Waals surface area (Å²) in [4.78, 5) is 22.5. The van der Waals surface area contributed by atoms with Crippen molar-refractivity contribution in [2.75, 3.05) is 18.5 Å². The van der Waals surface area contributed by atoms with E-state index >= 15 is 0 Å². The molecule has 0 aliphatic carbocycles. The molecule has 2 atom stereocenters. The first-order chi connectivity index (χ1) is 10.0. The molecule has 21 heavy (non-hydrogen) atoms. The number of fused-ring (bicyclic) bond motifs is 1. The molecular formula is C14H17NO6. The van der Waals surface area contributed by atoms with E-state index in [2.05, 4.69) is 5.32 Å². The van der Waals surface area contributed by atoms with Crippen molar-refractivity contribution in [2.24, 2.45) is 0 Å². The van der Waals surface area contributed by atoms with Crippen LogP contribution in [-0.4, -0.2) is 41.4 Å². The Labute approximate surface area is 121 Å². The summed E-state index contributed by atoms with van der Waals surface area (Å²) in [5.41, 5.74) is 0.892. The Balaban J connectivity index is 2.07. The predicted octanol–water partition coefficient (Wildman–Crippen LogP) is 0.365. The number of nitrogens with one attached hydrogen (secondary N) is 1. The Hall–Kier alpha value is -2.12. The molecule has 0 aromatic heterocycles. The zero-order valence-electron chi connectivity index (χ0n) is 11.5. The van der Waals surface area contributed by atoms with E-state index < -0.39 is 18.2 Å². The fourth-order valence-corrected chi connectivity index (χ4v) is 2.00. The van der Waals surface area contributed by atoms with Crippen LogP contribution < -0.4 is 10.1 Å². The van der Waals surface area contributed by atoms with Gasteiger partial charge in [-0.2, -0.15) is 0 Å². The lowest BCUT2D eigenvalue weighted by atomic mass is 10.0. The van der Waals surface area contributed by atoms with Gasteiger partial charge < -0.3 is 25.0 Å². The average Bonchev–Trinajstić information content (AvgIpc) is 2.46. The summed E-state index contributed by atoms with van der Waals surface area (Å²) in [5, 5.41) is 22.5. The normalized spacial score (nSPS) is 16.2. The number of ether oxygens (including phenoxy) is 2. The van der Waals surface area contributed by atoms with Gasteiger partial charge in [0.05, 0.1) is 24.8 Å². The molecule has 7 heteroatoms. The molecule has 1 heterocycles. The molecule has 0 saturated carbocycles. The van der Waals surface area contributed by atoms with Crippen LogP contribution in [0.4, 0.5) is 5.69 Å². The number of hydrogen-bond acceptors (Lipinski definition) is 6. The number of carbonyl (C=O) groups excluding carboxylic acids is 2. The Morgan fingerprint density at radius 3 is 2.95 bits per heavy atom. The van der Waals surface area contributed by atoms with E-state index in [1.54, 1.807) is 19.1 Å². The van der Waals surface area contributed by atoms with Gasteiger partial charge in [-0.3, -0.25) is 9.59 Å². The van der Waals surface area contributed by atoms with E-state index in [1.807, 2.05) is 0 Å². The second-order valence-electron chi connectivity index (χ2n) is 4.61. The highest BCUT2D eigenvalue weighted by Gasteiger charge is 2.24. The zero-order valence-corrected chi connectivity index (χ0v) is 11.5. The largest absolute Gasteiger partial charge is 0.482 e. The minimum Gasteiger partial charge on any atom is -0.482 e. The Kier molecular flexibility index (Phi) is 4.77. The molecule has 1 aliphatic rings. The van der Waals surface area contributed by atoms with Gasteiger partial charge in [-0.25, -0.2) is 0 Å². The number of hydrogen-bond donors (Lipinski definition) is 3. The summed E-state index contributed by atoms with van der Waals surface area (Å²) in [6, 6.07) is 4.64. The van der Waals surface area contributed by atoms with Crippen LogP contribution in [0.15, 0.2) is 18.2 Å². The van der Waals surface area contributed by atoms with Gasteiger partial charge >= 0.3 is 5.97 Å². The first-order valence-electron chi connectivity index (χ1n) is 6.59. The Bertz CT molecular complexity index is 544. The highest BCUT2D eigenvalue weighted by molar-refractivity contribution is 5.95. The second kappa shape index (κ2) is 6.55. The van der Waals surface area contributed by atoms with E-state index in [4.69, 9.17) is 9.47 Å². The minimum absolute atomic E-state index is 0.0993. The van der Waals surface area contributed by atoms with Crippen molar-refractivity contribution in [3.63, 3.8) is 0 Å². The number of aliphatic hydroxyl groups excluding tert-OH is 2. The van der Waals surface area contributed by atoms with Crippen LogP contribution in [-0.2, 0) is 14.3 Å². The van der Waals surface area contributed by atoms with Gasteiger partial charge in [0.25, 0.3) is 5.91 Å². The van der Waals surface area contributed by atoms with Crippen molar-refractivity contribution in [1.29, 1.82) is 0 Å². The van der Waals surface area contributed by atoms with Gasteiger partial charge in [-0.1, -0.05) is 6.07 Å². The predicted molar refractivity (Wildman–Crippen MR) is 72.8 cm³/mol. The van der Waals surface area contributed by atoms with Crippen molar-refractivity contribution < 1.29 is 29.3 Å². The SMILES string of the molecule is CCOC(=O)CC(O)C(O)c1ccc2c(c1)OCC(=O)N2. The lowest BCUT2D eigenvalue weighted by molar-refractivity contribution is -0.147. The second-order valence-corrected chi connectivity index (χ2v) is 4.61. The summed E-state index contributed by atoms with van der Waals surface area (Å²) >= 11 is 0. The highest BCUT2D eigenvalue weighted by Crippen LogP contribution is 2.31. The van der Waals surface area contributed by atoms with Gasteiger partial charge in [-0.15, -0.1) is 0 Å². The maximum absolute atomic E-state index is 11.3. The number of aliphatic hydroxyl groups is 2. The van der Waals surface area contributed by atoms with Crippen molar-refractivity contribution in [3.8, 4) is 5.75 Å². The quantitative estimate of drug-likeness (QED) is 0.678. The minimum atomic E-state index is -1.28. The molecule has 1 amide bonds. The molecule has 0 saturated heterocycles. The van der Waals surface area contributed by atoms with Crippen LogP contribution in [0.2, 0.25) is 0 Å². The maximum atomic E-state index is 11.3. The summed E-state index contributed by atoms with van der Waals surface area (Å²) in [5.74, 6) is -0.418. The molecule has 2 unspecified atom stereocenters. The lowest BCUT2D eigenvalue weighted by Crippen LogP contribution is -2.26. The van der Waals surface area contributed by atoms with Crippen LogP contribution in [0.1, 0.15) is 25.0 Å². The van der Waals surface area contributed by atoms with Crippen molar-refractivity contribution in [1.82, 2.24) is 0 Å². The van der Waals surface area contributed by atoms with E-state index in [9.17, 15) is 19.8 Å². The topological polar surface area (TPSA) is 105 Å². The third-order valence-electron chi connectivity index (χ3n) is 3.03. The van der Waals surface area contributed by atoms with Gasteiger partial charge in [-0.05, 0) is 24.6 Å². The summed E-state index contributed by atoms with van der Waals surface area (Å²) in [7, 11) is 0. The smallest absolute Gasteiger partial charge is 0.308 e.